The molecule has 0 fully saturated rings. The van der Waals surface area contributed by atoms with Crippen LogP contribution in [0, 0.1) is 0 Å². The summed E-state index contributed by atoms with van der Waals surface area (Å²) >= 11 is 1.18. The Morgan fingerprint density at radius 2 is 2.00 bits per heavy atom. The van der Waals surface area contributed by atoms with Crippen LogP contribution in [0.5, 0.6) is 0 Å². The van der Waals surface area contributed by atoms with Crippen molar-refractivity contribution in [3.63, 3.8) is 0 Å². The van der Waals surface area contributed by atoms with E-state index in [0.717, 1.165) is 5.56 Å². The maximum atomic E-state index is 12.0. The zero-order chi connectivity index (χ0) is 13.6. The third-order valence-corrected chi connectivity index (χ3v) is 6.42. The molecule has 0 spiro atoms. The number of carbonyl (C=O) groups is 1. The summed E-state index contributed by atoms with van der Waals surface area (Å²) in [4.78, 5) is 11.4. The maximum absolute atomic E-state index is 12.0. The predicted octanol–water partition coefficient (Wildman–Crippen LogP) is 2.11. The summed E-state index contributed by atoms with van der Waals surface area (Å²) in [6.07, 6.45) is 0. The monoisotopic (exact) mass is 286 g/mol. The summed E-state index contributed by atoms with van der Waals surface area (Å²) in [6, 6.07) is 6.81. The fraction of sp³-hybridized carbons (Fsp3) is 0.417. The largest absolute Gasteiger partial charge is 0.480 e. The van der Waals surface area contributed by atoms with E-state index in [0.29, 0.717) is 4.90 Å². The number of aliphatic carboxylic acids is 1. The molecule has 1 aromatic rings. The van der Waals surface area contributed by atoms with Gasteiger partial charge in [0.2, 0.25) is 0 Å². The second-order valence-electron chi connectivity index (χ2n) is 4.74. The van der Waals surface area contributed by atoms with Gasteiger partial charge in [0.05, 0.1) is 10.6 Å². The van der Waals surface area contributed by atoms with Gasteiger partial charge >= 0.3 is 5.97 Å². The zero-order valence-electron chi connectivity index (χ0n) is 10.1. The first-order valence-corrected chi connectivity index (χ1v) is 8.00. The number of benzene rings is 1. The fourth-order valence-electron chi connectivity index (χ4n) is 1.91. The zero-order valence-corrected chi connectivity index (χ0v) is 11.7. The van der Waals surface area contributed by atoms with Crippen LogP contribution in [0.2, 0.25) is 0 Å². The highest BCUT2D eigenvalue weighted by Crippen LogP contribution is 2.46. The summed E-state index contributed by atoms with van der Waals surface area (Å²) in [5, 5.41) is 8.80. The predicted molar refractivity (Wildman–Crippen MR) is 70.5 cm³/mol. The van der Waals surface area contributed by atoms with E-state index in [9.17, 15) is 13.2 Å². The Labute approximate surface area is 110 Å². The summed E-state index contributed by atoms with van der Waals surface area (Å²) in [5.41, 5.74) is 0.719. The number of hydrogen-bond acceptors (Lipinski definition) is 4. The van der Waals surface area contributed by atoms with E-state index < -0.39 is 20.6 Å². The van der Waals surface area contributed by atoms with E-state index in [1.807, 2.05) is 0 Å². The normalized spacial score (nSPS) is 21.6. The van der Waals surface area contributed by atoms with Gasteiger partial charge in [-0.1, -0.05) is 18.2 Å². The van der Waals surface area contributed by atoms with Crippen molar-refractivity contribution in [2.45, 2.75) is 28.7 Å². The third-order valence-electron chi connectivity index (χ3n) is 2.92. The number of rotatable bonds is 3. The van der Waals surface area contributed by atoms with Gasteiger partial charge in [-0.15, -0.1) is 11.8 Å². The van der Waals surface area contributed by atoms with E-state index in [2.05, 4.69) is 0 Å². The maximum Gasteiger partial charge on any atom is 0.319 e. The lowest BCUT2D eigenvalue weighted by atomic mass is 10.2. The molecule has 0 amide bonds. The molecular weight excluding hydrogens is 272 g/mol. The van der Waals surface area contributed by atoms with Crippen LogP contribution >= 0.6 is 11.8 Å². The molecule has 0 radical (unpaired) electrons. The van der Waals surface area contributed by atoms with Crippen molar-refractivity contribution >= 4 is 27.6 Å². The molecule has 1 atom stereocenters. The lowest BCUT2D eigenvalue weighted by molar-refractivity contribution is -0.138. The second-order valence-corrected chi connectivity index (χ2v) is 8.57. The average molecular weight is 286 g/mol. The van der Waals surface area contributed by atoms with Crippen LogP contribution in [0.15, 0.2) is 29.2 Å². The molecule has 0 bridgehead atoms. The molecule has 0 saturated carbocycles. The molecule has 1 aromatic carbocycles. The minimum atomic E-state index is -3.27. The highest BCUT2D eigenvalue weighted by molar-refractivity contribution is 8.03. The molecule has 4 nitrogen and oxygen atoms in total. The standard InChI is InChI=1S/C12H14O4S2/c1-12(2,11(13)14)17-9-7-18(15,16)10-6-4-3-5-8(9)10/h3-6,9H,7H2,1-2H3,(H,13,14). The Morgan fingerprint density at radius 1 is 1.39 bits per heavy atom. The van der Waals surface area contributed by atoms with E-state index >= 15 is 0 Å². The number of sulfone groups is 1. The van der Waals surface area contributed by atoms with E-state index in [4.69, 9.17) is 5.11 Å². The van der Waals surface area contributed by atoms with Crippen molar-refractivity contribution in [3.8, 4) is 0 Å². The van der Waals surface area contributed by atoms with Crippen molar-refractivity contribution in [1.29, 1.82) is 0 Å². The molecule has 1 aliphatic heterocycles. The highest BCUT2D eigenvalue weighted by atomic mass is 32.2. The number of thioether (sulfide) groups is 1. The first kappa shape index (κ1) is 13.4. The van der Waals surface area contributed by atoms with Crippen LogP contribution in [0.4, 0.5) is 0 Å². The topological polar surface area (TPSA) is 71.4 Å². The molecule has 1 N–H and O–H groups in total. The van der Waals surface area contributed by atoms with Gasteiger partial charge in [0.15, 0.2) is 9.84 Å². The van der Waals surface area contributed by atoms with E-state index in [1.165, 1.54) is 11.8 Å². The minimum absolute atomic E-state index is 0.0201. The SMILES string of the molecule is CC(C)(SC1CS(=O)(=O)c2ccccc21)C(=O)O. The summed E-state index contributed by atoms with van der Waals surface area (Å²) in [6.45, 7) is 3.18. The van der Waals surface area contributed by atoms with Gasteiger partial charge in [-0.25, -0.2) is 8.42 Å². The molecule has 98 valence electrons. The van der Waals surface area contributed by atoms with E-state index in [-0.39, 0.29) is 11.0 Å². The van der Waals surface area contributed by atoms with Gasteiger partial charge < -0.3 is 5.11 Å². The Hall–Kier alpha value is -1.01. The molecule has 1 heterocycles. The minimum Gasteiger partial charge on any atom is -0.480 e. The van der Waals surface area contributed by atoms with Crippen molar-refractivity contribution < 1.29 is 18.3 Å². The molecule has 0 saturated heterocycles. The summed E-state index contributed by atoms with van der Waals surface area (Å²) in [5.74, 6) is -0.956. The highest BCUT2D eigenvalue weighted by Gasteiger charge is 2.40. The number of hydrogen-bond donors (Lipinski definition) is 1. The van der Waals surface area contributed by atoms with Crippen molar-refractivity contribution in [2.75, 3.05) is 5.75 Å². The van der Waals surface area contributed by atoms with Gasteiger partial charge in [-0.2, -0.15) is 0 Å². The van der Waals surface area contributed by atoms with Gasteiger partial charge in [0, 0.05) is 5.25 Å². The van der Waals surface area contributed by atoms with Gasteiger partial charge in [0.25, 0.3) is 0 Å². The van der Waals surface area contributed by atoms with Crippen molar-refractivity contribution in [1.82, 2.24) is 0 Å². The first-order valence-electron chi connectivity index (χ1n) is 5.47. The molecule has 0 aromatic heterocycles. The third kappa shape index (κ3) is 2.27. The van der Waals surface area contributed by atoms with Crippen LogP contribution < -0.4 is 0 Å². The molecule has 1 aliphatic rings. The van der Waals surface area contributed by atoms with Gasteiger partial charge in [-0.3, -0.25) is 4.79 Å². The van der Waals surface area contributed by atoms with Crippen LogP contribution in [0.1, 0.15) is 24.7 Å². The van der Waals surface area contributed by atoms with Crippen LogP contribution in [0.3, 0.4) is 0 Å². The van der Waals surface area contributed by atoms with Gasteiger partial charge in [0.1, 0.15) is 4.75 Å². The number of fused-ring (bicyclic) bond motifs is 1. The molecule has 6 heteroatoms. The van der Waals surface area contributed by atoms with Crippen molar-refractivity contribution in [3.05, 3.63) is 29.8 Å². The second kappa shape index (κ2) is 4.28. The van der Waals surface area contributed by atoms with Crippen LogP contribution in [-0.2, 0) is 14.6 Å². The Morgan fingerprint density at radius 3 is 2.61 bits per heavy atom. The van der Waals surface area contributed by atoms with Crippen molar-refractivity contribution in [2.24, 2.45) is 0 Å². The first-order chi connectivity index (χ1) is 8.24. The Kier molecular flexibility index (Phi) is 3.19. The number of carboxylic acids is 1. The quantitative estimate of drug-likeness (QED) is 0.921. The summed E-state index contributed by atoms with van der Waals surface area (Å²) < 4.78 is 22.9. The number of carboxylic acid groups (broad SMARTS) is 1. The molecule has 18 heavy (non-hydrogen) atoms. The molecule has 2 rings (SSSR count). The molecule has 0 aliphatic carbocycles. The van der Waals surface area contributed by atoms with Crippen LogP contribution in [-0.4, -0.2) is 30.0 Å². The lowest BCUT2D eigenvalue weighted by Crippen LogP contribution is -2.28. The average Bonchev–Trinajstić information content (AvgIpc) is 2.51. The Bertz CT molecular complexity index is 590. The Balaban J connectivity index is 2.37. The summed E-state index contributed by atoms with van der Waals surface area (Å²) in [7, 11) is -3.27. The van der Waals surface area contributed by atoms with Gasteiger partial charge in [-0.05, 0) is 25.5 Å². The fourth-order valence-corrected chi connectivity index (χ4v) is 5.55. The molecule has 1 unspecified atom stereocenters. The van der Waals surface area contributed by atoms with Crippen LogP contribution in [0.25, 0.3) is 0 Å². The van der Waals surface area contributed by atoms with E-state index in [1.54, 1.807) is 38.1 Å². The molecular formula is C12H14O4S2. The smallest absolute Gasteiger partial charge is 0.319 e. The lowest BCUT2D eigenvalue weighted by Gasteiger charge is -2.22.